The molecular formula is C12H8BrFO2. The van der Waals surface area contributed by atoms with Crippen LogP contribution in [0.25, 0.3) is 0 Å². The number of halogens is 2. The summed E-state index contributed by atoms with van der Waals surface area (Å²) in [5.41, 5.74) is 1.33. The highest BCUT2D eigenvalue weighted by atomic mass is 79.9. The molecule has 0 unspecified atom stereocenters. The Labute approximate surface area is 100 Å². The number of rotatable bonds is 2. The Hall–Kier alpha value is -1.42. The Morgan fingerprint density at radius 1 is 1.38 bits per heavy atom. The summed E-state index contributed by atoms with van der Waals surface area (Å²) >= 11 is 3.14. The minimum atomic E-state index is -0.317. The number of carbonyl (C=O) groups is 1. The van der Waals surface area contributed by atoms with Crippen molar-refractivity contribution in [3.05, 3.63) is 57.7 Å². The lowest BCUT2D eigenvalue weighted by atomic mass is 10.0. The highest BCUT2D eigenvalue weighted by molar-refractivity contribution is 9.10. The second-order valence-corrected chi connectivity index (χ2v) is 4.12. The number of ketones is 1. The molecule has 0 bridgehead atoms. The summed E-state index contributed by atoms with van der Waals surface area (Å²) in [5, 5.41) is 0. The van der Waals surface area contributed by atoms with E-state index in [-0.39, 0.29) is 11.6 Å². The second kappa shape index (κ2) is 4.22. The molecule has 2 aromatic rings. The summed E-state index contributed by atoms with van der Waals surface area (Å²) in [5.74, 6) is -0.508. The smallest absolute Gasteiger partial charge is 0.197 e. The van der Waals surface area contributed by atoms with Crippen molar-refractivity contribution in [1.82, 2.24) is 0 Å². The fraction of sp³-hybridized carbons (Fsp3) is 0.0833. The number of hydrogen-bond donors (Lipinski definition) is 0. The highest BCUT2D eigenvalue weighted by Gasteiger charge is 2.15. The molecule has 0 N–H and O–H groups in total. The number of carbonyl (C=O) groups excluding carboxylic acids is 1. The van der Waals surface area contributed by atoms with E-state index in [0.717, 1.165) is 0 Å². The molecule has 0 aliphatic carbocycles. The number of aryl methyl sites for hydroxylation is 1. The zero-order valence-electron chi connectivity index (χ0n) is 8.46. The van der Waals surface area contributed by atoms with Crippen LogP contribution in [-0.2, 0) is 0 Å². The average Bonchev–Trinajstić information content (AvgIpc) is 2.67. The summed E-state index contributed by atoms with van der Waals surface area (Å²) < 4.78 is 18.4. The Morgan fingerprint density at radius 3 is 2.69 bits per heavy atom. The predicted molar refractivity (Wildman–Crippen MR) is 61.0 cm³/mol. The van der Waals surface area contributed by atoms with E-state index in [1.165, 1.54) is 24.5 Å². The quantitative estimate of drug-likeness (QED) is 0.786. The van der Waals surface area contributed by atoms with Gasteiger partial charge in [-0.3, -0.25) is 4.79 Å². The standard InChI is InChI=1S/C12H8BrFO2/c1-7-6-8(2-3-10(7)14)11(15)9-4-5-16-12(9)13/h2-6H,1H3. The summed E-state index contributed by atoms with van der Waals surface area (Å²) in [7, 11) is 0. The van der Waals surface area contributed by atoms with E-state index in [1.807, 2.05) is 0 Å². The second-order valence-electron chi connectivity index (χ2n) is 3.40. The molecule has 1 aromatic carbocycles. The van der Waals surface area contributed by atoms with E-state index in [1.54, 1.807) is 13.0 Å². The van der Waals surface area contributed by atoms with Crippen molar-refractivity contribution >= 4 is 21.7 Å². The molecule has 2 nitrogen and oxygen atoms in total. The van der Waals surface area contributed by atoms with Crippen LogP contribution < -0.4 is 0 Å². The summed E-state index contributed by atoms with van der Waals surface area (Å²) in [4.78, 5) is 12.0. The zero-order valence-corrected chi connectivity index (χ0v) is 10.0. The molecule has 4 heteroatoms. The van der Waals surface area contributed by atoms with E-state index in [4.69, 9.17) is 4.42 Å². The predicted octanol–water partition coefficient (Wildman–Crippen LogP) is 3.72. The van der Waals surface area contributed by atoms with Gasteiger partial charge in [0.2, 0.25) is 0 Å². The first-order valence-electron chi connectivity index (χ1n) is 4.63. The van der Waals surface area contributed by atoms with Crippen LogP contribution >= 0.6 is 15.9 Å². The molecule has 0 saturated carbocycles. The van der Waals surface area contributed by atoms with Crippen LogP contribution in [0, 0.1) is 12.7 Å². The Kier molecular flexibility index (Phi) is 2.92. The van der Waals surface area contributed by atoms with Gasteiger partial charge in [0.05, 0.1) is 11.8 Å². The van der Waals surface area contributed by atoms with Crippen molar-refractivity contribution < 1.29 is 13.6 Å². The maximum atomic E-state index is 13.0. The van der Waals surface area contributed by atoms with Gasteiger partial charge in [-0.05, 0) is 52.7 Å². The zero-order chi connectivity index (χ0) is 11.7. The van der Waals surface area contributed by atoms with Crippen LogP contribution in [0.3, 0.4) is 0 Å². The summed E-state index contributed by atoms with van der Waals surface area (Å²) in [6.07, 6.45) is 1.42. The van der Waals surface area contributed by atoms with Crippen molar-refractivity contribution in [3.63, 3.8) is 0 Å². The van der Waals surface area contributed by atoms with Gasteiger partial charge in [-0.25, -0.2) is 4.39 Å². The van der Waals surface area contributed by atoms with Gasteiger partial charge in [-0.15, -0.1) is 0 Å². The van der Waals surface area contributed by atoms with Gasteiger partial charge < -0.3 is 4.42 Å². The normalized spacial score (nSPS) is 10.4. The van der Waals surface area contributed by atoms with Gasteiger partial charge in [0.15, 0.2) is 10.5 Å². The van der Waals surface area contributed by atoms with Gasteiger partial charge in [-0.1, -0.05) is 0 Å². The topological polar surface area (TPSA) is 30.2 Å². The van der Waals surface area contributed by atoms with Crippen LogP contribution in [0.4, 0.5) is 4.39 Å². The maximum absolute atomic E-state index is 13.0. The Balaban J connectivity index is 2.42. The molecule has 0 saturated heterocycles. The van der Waals surface area contributed by atoms with E-state index in [9.17, 15) is 9.18 Å². The molecule has 16 heavy (non-hydrogen) atoms. The third-order valence-corrected chi connectivity index (χ3v) is 2.90. The van der Waals surface area contributed by atoms with E-state index in [2.05, 4.69) is 15.9 Å². The van der Waals surface area contributed by atoms with Gasteiger partial charge in [0.25, 0.3) is 0 Å². The molecule has 0 aliphatic heterocycles. The fourth-order valence-electron chi connectivity index (χ4n) is 1.40. The Morgan fingerprint density at radius 2 is 2.12 bits per heavy atom. The molecule has 0 radical (unpaired) electrons. The van der Waals surface area contributed by atoms with Crippen LogP contribution in [0.5, 0.6) is 0 Å². The lowest BCUT2D eigenvalue weighted by molar-refractivity contribution is 0.103. The molecule has 0 fully saturated rings. The molecule has 0 aliphatic rings. The maximum Gasteiger partial charge on any atom is 0.197 e. The number of hydrogen-bond acceptors (Lipinski definition) is 2. The van der Waals surface area contributed by atoms with Crippen molar-refractivity contribution in [2.24, 2.45) is 0 Å². The first kappa shape index (κ1) is 11.1. The van der Waals surface area contributed by atoms with E-state index >= 15 is 0 Å². The minimum absolute atomic E-state index is 0.191. The summed E-state index contributed by atoms with van der Waals surface area (Å²) in [6.45, 7) is 1.62. The molecule has 1 heterocycles. The van der Waals surface area contributed by atoms with Crippen LogP contribution in [0.2, 0.25) is 0 Å². The van der Waals surface area contributed by atoms with Gasteiger partial charge in [0, 0.05) is 5.56 Å². The van der Waals surface area contributed by atoms with Gasteiger partial charge >= 0.3 is 0 Å². The summed E-state index contributed by atoms with van der Waals surface area (Å²) in [6, 6.07) is 5.85. The third-order valence-electron chi connectivity index (χ3n) is 2.28. The van der Waals surface area contributed by atoms with Crippen LogP contribution in [0.15, 0.2) is 39.6 Å². The molecular weight excluding hydrogens is 275 g/mol. The van der Waals surface area contributed by atoms with E-state index in [0.29, 0.717) is 21.4 Å². The highest BCUT2D eigenvalue weighted by Crippen LogP contribution is 2.21. The van der Waals surface area contributed by atoms with Gasteiger partial charge in [0.1, 0.15) is 5.82 Å². The third kappa shape index (κ3) is 1.93. The van der Waals surface area contributed by atoms with Crippen molar-refractivity contribution in [1.29, 1.82) is 0 Å². The number of furan rings is 1. The number of benzene rings is 1. The molecule has 1 aromatic heterocycles. The van der Waals surface area contributed by atoms with Gasteiger partial charge in [-0.2, -0.15) is 0 Å². The van der Waals surface area contributed by atoms with Crippen LogP contribution in [0.1, 0.15) is 21.5 Å². The average molecular weight is 283 g/mol. The first-order valence-corrected chi connectivity index (χ1v) is 5.42. The molecule has 0 spiro atoms. The molecule has 0 atom stereocenters. The molecule has 82 valence electrons. The lowest BCUT2D eigenvalue weighted by Crippen LogP contribution is -2.01. The SMILES string of the molecule is Cc1cc(C(=O)c2ccoc2Br)ccc1F. The first-order chi connectivity index (χ1) is 7.59. The lowest BCUT2D eigenvalue weighted by Gasteiger charge is -2.01. The van der Waals surface area contributed by atoms with Crippen molar-refractivity contribution in [2.75, 3.05) is 0 Å². The minimum Gasteiger partial charge on any atom is -0.457 e. The largest absolute Gasteiger partial charge is 0.457 e. The molecule has 0 amide bonds. The Bertz CT molecular complexity index is 546. The van der Waals surface area contributed by atoms with E-state index < -0.39 is 0 Å². The fourth-order valence-corrected chi connectivity index (χ4v) is 1.82. The van der Waals surface area contributed by atoms with Crippen molar-refractivity contribution in [3.8, 4) is 0 Å². The van der Waals surface area contributed by atoms with Crippen molar-refractivity contribution in [2.45, 2.75) is 6.92 Å². The molecule has 2 rings (SSSR count). The monoisotopic (exact) mass is 282 g/mol. The van der Waals surface area contributed by atoms with Crippen LogP contribution in [-0.4, -0.2) is 5.78 Å².